The lowest BCUT2D eigenvalue weighted by atomic mass is 10.0. The van der Waals surface area contributed by atoms with Crippen LogP contribution in [0.25, 0.3) is 0 Å². The van der Waals surface area contributed by atoms with E-state index in [9.17, 15) is 8.42 Å². The lowest BCUT2D eigenvalue weighted by Crippen LogP contribution is -2.16. The van der Waals surface area contributed by atoms with Crippen LogP contribution in [0.15, 0.2) is 84.9 Å². The second-order valence-electron chi connectivity index (χ2n) is 5.67. The van der Waals surface area contributed by atoms with E-state index in [1.807, 2.05) is 78.9 Å². The molecule has 0 aromatic heterocycles. The molecule has 0 unspecified atom stereocenters. The van der Waals surface area contributed by atoms with E-state index in [0.29, 0.717) is 12.1 Å². The molecule has 0 bridgehead atoms. The van der Waals surface area contributed by atoms with Crippen LogP contribution in [0, 0.1) is 0 Å². The van der Waals surface area contributed by atoms with Gasteiger partial charge in [-0.1, -0.05) is 78.9 Å². The average Bonchev–Trinajstić information content (AvgIpc) is 2.58. The number of hydrogen-bond donors (Lipinski definition) is 1. The number of rotatable bonds is 6. The van der Waals surface area contributed by atoms with Gasteiger partial charge < -0.3 is 0 Å². The lowest BCUT2D eigenvalue weighted by molar-refractivity contribution is 0.600. The van der Waals surface area contributed by atoms with Crippen LogP contribution in [0.1, 0.15) is 16.7 Å². The molecule has 0 heterocycles. The van der Waals surface area contributed by atoms with E-state index in [1.165, 1.54) is 0 Å². The van der Waals surface area contributed by atoms with Crippen molar-refractivity contribution in [1.82, 2.24) is 0 Å². The molecular weight excluding hydrogens is 318 g/mol. The molecule has 0 saturated heterocycles. The standard InChI is InChI=1S/C20H19NO2S/c22-24(23,16-18-11-5-2-6-12-18)21-20-14-8-7-13-19(20)15-17-9-3-1-4-10-17/h1-14,21H,15-16H2. The first kappa shape index (κ1) is 16.3. The molecule has 0 spiro atoms. The fourth-order valence-electron chi connectivity index (χ4n) is 2.59. The minimum atomic E-state index is -3.45. The fourth-order valence-corrected chi connectivity index (χ4v) is 3.82. The van der Waals surface area contributed by atoms with Gasteiger partial charge in [0.2, 0.25) is 10.0 Å². The van der Waals surface area contributed by atoms with Crippen LogP contribution in [0.3, 0.4) is 0 Å². The van der Waals surface area contributed by atoms with Gasteiger partial charge in [0, 0.05) is 0 Å². The van der Waals surface area contributed by atoms with Crippen LogP contribution < -0.4 is 4.72 Å². The van der Waals surface area contributed by atoms with Crippen molar-refractivity contribution in [2.45, 2.75) is 12.2 Å². The van der Waals surface area contributed by atoms with Crippen molar-refractivity contribution in [3.05, 3.63) is 102 Å². The molecular formula is C20H19NO2S. The summed E-state index contributed by atoms with van der Waals surface area (Å²) in [6.45, 7) is 0. The van der Waals surface area contributed by atoms with Gasteiger partial charge in [0.15, 0.2) is 0 Å². The van der Waals surface area contributed by atoms with E-state index in [4.69, 9.17) is 0 Å². The van der Waals surface area contributed by atoms with Crippen LogP contribution in [0.5, 0.6) is 0 Å². The van der Waals surface area contributed by atoms with Crippen molar-refractivity contribution in [3.8, 4) is 0 Å². The predicted octanol–water partition coefficient (Wildman–Crippen LogP) is 4.22. The minimum Gasteiger partial charge on any atom is -0.283 e. The third kappa shape index (κ3) is 4.46. The molecule has 122 valence electrons. The number of benzene rings is 3. The summed E-state index contributed by atoms with van der Waals surface area (Å²) in [5.74, 6) is -0.0342. The third-order valence-electron chi connectivity index (χ3n) is 3.72. The number of hydrogen-bond acceptors (Lipinski definition) is 2. The minimum absolute atomic E-state index is 0.0342. The highest BCUT2D eigenvalue weighted by Crippen LogP contribution is 2.21. The summed E-state index contributed by atoms with van der Waals surface area (Å²) in [6, 6.07) is 26.7. The summed E-state index contributed by atoms with van der Waals surface area (Å²) < 4.78 is 27.7. The van der Waals surface area contributed by atoms with Crippen molar-refractivity contribution < 1.29 is 8.42 Å². The van der Waals surface area contributed by atoms with Gasteiger partial charge in [-0.3, -0.25) is 4.72 Å². The smallest absolute Gasteiger partial charge is 0.236 e. The largest absolute Gasteiger partial charge is 0.283 e. The normalized spacial score (nSPS) is 11.2. The summed E-state index contributed by atoms with van der Waals surface area (Å²) in [5.41, 5.74) is 3.51. The molecule has 0 fully saturated rings. The summed E-state index contributed by atoms with van der Waals surface area (Å²) in [4.78, 5) is 0. The van der Waals surface area contributed by atoms with Crippen LogP contribution in [-0.2, 0) is 22.2 Å². The zero-order valence-corrected chi connectivity index (χ0v) is 14.0. The molecule has 0 radical (unpaired) electrons. The zero-order chi connectivity index (χ0) is 16.8. The molecule has 0 amide bonds. The molecule has 3 nitrogen and oxygen atoms in total. The van der Waals surface area contributed by atoms with Gasteiger partial charge >= 0.3 is 0 Å². The Morgan fingerprint density at radius 3 is 1.88 bits per heavy atom. The van der Waals surface area contributed by atoms with Gasteiger partial charge in [-0.2, -0.15) is 0 Å². The van der Waals surface area contributed by atoms with Gasteiger partial charge in [0.25, 0.3) is 0 Å². The number of nitrogens with one attached hydrogen (secondary N) is 1. The van der Waals surface area contributed by atoms with E-state index in [2.05, 4.69) is 4.72 Å². The highest BCUT2D eigenvalue weighted by atomic mass is 32.2. The van der Waals surface area contributed by atoms with Crippen molar-refractivity contribution >= 4 is 15.7 Å². The van der Waals surface area contributed by atoms with Gasteiger partial charge in [-0.25, -0.2) is 8.42 Å². The molecule has 0 aliphatic rings. The van der Waals surface area contributed by atoms with E-state index >= 15 is 0 Å². The van der Waals surface area contributed by atoms with Crippen LogP contribution in [0.2, 0.25) is 0 Å². The highest BCUT2D eigenvalue weighted by molar-refractivity contribution is 7.91. The fraction of sp³-hybridized carbons (Fsp3) is 0.100. The first-order valence-electron chi connectivity index (χ1n) is 7.79. The Morgan fingerprint density at radius 1 is 0.667 bits per heavy atom. The second kappa shape index (κ2) is 7.32. The van der Waals surface area contributed by atoms with Crippen molar-refractivity contribution in [2.24, 2.45) is 0 Å². The molecule has 3 rings (SSSR count). The molecule has 4 heteroatoms. The maximum absolute atomic E-state index is 12.5. The molecule has 3 aromatic rings. The van der Waals surface area contributed by atoms with E-state index in [0.717, 1.165) is 16.7 Å². The van der Waals surface area contributed by atoms with Gasteiger partial charge in [0.1, 0.15) is 0 Å². The maximum atomic E-state index is 12.5. The molecule has 3 aromatic carbocycles. The molecule has 24 heavy (non-hydrogen) atoms. The summed E-state index contributed by atoms with van der Waals surface area (Å²) in [5, 5.41) is 0. The average molecular weight is 337 g/mol. The van der Waals surface area contributed by atoms with Gasteiger partial charge in [-0.05, 0) is 29.2 Å². The van der Waals surface area contributed by atoms with Crippen LogP contribution >= 0.6 is 0 Å². The zero-order valence-electron chi connectivity index (χ0n) is 13.2. The van der Waals surface area contributed by atoms with E-state index in [1.54, 1.807) is 6.07 Å². The number of sulfonamides is 1. The molecule has 0 atom stereocenters. The van der Waals surface area contributed by atoms with Crippen molar-refractivity contribution in [3.63, 3.8) is 0 Å². The Morgan fingerprint density at radius 2 is 1.21 bits per heavy atom. The monoisotopic (exact) mass is 337 g/mol. The Bertz CT molecular complexity index is 891. The highest BCUT2D eigenvalue weighted by Gasteiger charge is 2.13. The van der Waals surface area contributed by atoms with Crippen molar-refractivity contribution in [2.75, 3.05) is 4.72 Å². The molecule has 0 aliphatic carbocycles. The number of para-hydroxylation sites is 1. The molecule has 0 aliphatic heterocycles. The SMILES string of the molecule is O=S(=O)(Cc1ccccc1)Nc1ccccc1Cc1ccccc1. The predicted molar refractivity (Wildman–Crippen MR) is 98.4 cm³/mol. The lowest BCUT2D eigenvalue weighted by Gasteiger charge is -2.13. The van der Waals surface area contributed by atoms with E-state index in [-0.39, 0.29) is 5.75 Å². The van der Waals surface area contributed by atoms with Crippen molar-refractivity contribution in [1.29, 1.82) is 0 Å². The van der Waals surface area contributed by atoms with Gasteiger partial charge in [-0.15, -0.1) is 0 Å². The maximum Gasteiger partial charge on any atom is 0.236 e. The Hall–Kier alpha value is -2.59. The summed E-state index contributed by atoms with van der Waals surface area (Å²) in [6.07, 6.45) is 0.685. The molecule has 1 N–H and O–H groups in total. The Balaban J connectivity index is 1.80. The second-order valence-corrected chi connectivity index (χ2v) is 7.39. The quantitative estimate of drug-likeness (QED) is 0.732. The topological polar surface area (TPSA) is 46.2 Å². The van der Waals surface area contributed by atoms with Crippen LogP contribution in [0.4, 0.5) is 5.69 Å². The Labute approximate surface area is 143 Å². The Kier molecular flexibility index (Phi) is 4.96. The van der Waals surface area contributed by atoms with E-state index < -0.39 is 10.0 Å². The molecule has 0 saturated carbocycles. The van der Waals surface area contributed by atoms with Gasteiger partial charge in [0.05, 0.1) is 11.4 Å². The summed E-state index contributed by atoms with van der Waals surface area (Å²) >= 11 is 0. The number of anilines is 1. The first-order chi connectivity index (χ1) is 11.6. The van der Waals surface area contributed by atoms with Crippen LogP contribution in [-0.4, -0.2) is 8.42 Å². The summed E-state index contributed by atoms with van der Waals surface area (Å²) in [7, 11) is -3.45. The third-order valence-corrected chi connectivity index (χ3v) is 4.96. The first-order valence-corrected chi connectivity index (χ1v) is 9.44.